The van der Waals surface area contributed by atoms with Gasteiger partial charge in [-0.15, -0.1) is 0 Å². The highest BCUT2D eigenvalue weighted by molar-refractivity contribution is 5.82. The summed E-state index contributed by atoms with van der Waals surface area (Å²) in [6.45, 7) is 4.99. The molecule has 0 fully saturated rings. The maximum absolute atomic E-state index is 11.8. The number of pyridine rings is 1. The van der Waals surface area contributed by atoms with Gasteiger partial charge < -0.3 is 9.88 Å². The van der Waals surface area contributed by atoms with Crippen LogP contribution in [0.2, 0.25) is 0 Å². The molecule has 0 saturated carbocycles. The minimum absolute atomic E-state index is 0.0190. The molecule has 1 aromatic carbocycles. The van der Waals surface area contributed by atoms with E-state index in [0.717, 1.165) is 5.52 Å². The van der Waals surface area contributed by atoms with E-state index in [1.54, 1.807) is 16.8 Å². The van der Waals surface area contributed by atoms with E-state index in [4.69, 9.17) is 0 Å². The van der Waals surface area contributed by atoms with E-state index in [1.165, 1.54) is 6.07 Å². The first-order valence-corrected chi connectivity index (χ1v) is 6.43. The Balaban J connectivity index is 2.24. The van der Waals surface area contributed by atoms with E-state index in [2.05, 4.69) is 19.2 Å². The largest absolute Gasteiger partial charge is 0.354 e. The normalized spacial score (nSPS) is 10.9. The number of benzene rings is 1. The molecular weight excluding hydrogens is 240 g/mol. The topological polar surface area (TPSA) is 51.1 Å². The van der Waals surface area contributed by atoms with Gasteiger partial charge in [0.1, 0.15) is 6.54 Å². The van der Waals surface area contributed by atoms with Gasteiger partial charge in [0.2, 0.25) is 5.91 Å². The van der Waals surface area contributed by atoms with E-state index in [0.29, 0.717) is 17.8 Å². The number of fused-ring (bicyclic) bond motifs is 1. The minimum Gasteiger partial charge on any atom is -0.354 e. The molecule has 0 aliphatic heterocycles. The second kappa shape index (κ2) is 5.69. The van der Waals surface area contributed by atoms with Gasteiger partial charge in [0.15, 0.2) is 5.43 Å². The van der Waals surface area contributed by atoms with Crippen LogP contribution in [0.4, 0.5) is 0 Å². The smallest absolute Gasteiger partial charge is 0.239 e. The zero-order valence-electron chi connectivity index (χ0n) is 11.2. The van der Waals surface area contributed by atoms with Gasteiger partial charge in [0.05, 0.1) is 5.52 Å². The van der Waals surface area contributed by atoms with Gasteiger partial charge in [-0.25, -0.2) is 0 Å². The van der Waals surface area contributed by atoms with Crippen LogP contribution in [0.3, 0.4) is 0 Å². The minimum atomic E-state index is -0.0393. The van der Waals surface area contributed by atoms with Crippen molar-refractivity contribution in [1.82, 2.24) is 9.88 Å². The molecule has 1 N–H and O–H groups in total. The van der Waals surface area contributed by atoms with Gasteiger partial charge in [0.25, 0.3) is 0 Å². The average molecular weight is 258 g/mol. The molecule has 100 valence electrons. The van der Waals surface area contributed by atoms with Crippen molar-refractivity contribution in [2.45, 2.75) is 20.4 Å². The van der Waals surface area contributed by atoms with Crippen molar-refractivity contribution in [2.24, 2.45) is 5.92 Å². The van der Waals surface area contributed by atoms with Crippen LogP contribution in [-0.2, 0) is 11.3 Å². The summed E-state index contributed by atoms with van der Waals surface area (Å²) >= 11 is 0. The van der Waals surface area contributed by atoms with Crippen molar-refractivity contribution in [2.75, 3.05) is 6.54 Å². The Bertz CT molecular complexity index is 644. The Labute approximate surface area is 112 Å². The molecule has 0 aliphatic rings. The number of aromatic nitrogens is 1. The van der Waals surface area contributed by atoms with Gasteiger partial charge in [-0.05, 0) is 18.1 Å². The molecule has 2 rings (SSSR count). The van der Waals surface area contributed by atoms with Gasteiger partial charge in [0, 0.05) is 24.2 Å². The molecule has 0 atom stereocenters. The molecule has 1 heterocycles. The van der Waals surface area contributed by atoms with Gasteiger partial charge in [-0.2, -0.15) is 0 Å². The molecule has 1 amide bonds. The molecular formula is C15H18N2O2. The lowest BCUT2D eigenvalue weighted by Crippen LogP contribution is -2.31. The Morgan fingerprint density at radius 3 is 2.74 bits per heavy atom. The summed E-state index contributed by atoms with van der Waals surface area (Å²) in [5.41, 5.74) is 0.768. The van der Waals surface area contributed by atoms with Gasteiger partial charge in [-0.1, -0.05) is 26.0 Å². The monoisotopic (exact) mass is 258 g/mol. The van der Waals surface area contributed by atoms with E-state index in [-0.39, 0.29) is 17.9 Å². The summed E-state index contributed by atoms with van der Waals surface area (Å²) in [6.07, 6.45) is 1.67. The van der Waals surface area contributed by atoms with Crippen molar-refractivity contribution < 1.29 is 4.79 Å². The zero-order valence-corrected chi connectivity index (χ0v) is 11.2. The number of nitrogens with one attached hydrogen (secondary N) is 1. The van der Waals surface area contributed by atoms with E-state index < -0.39 is 0 Å². The molecule has 0 aliphatic carbocycles. The summed E-state index contributed by atoms with van der Waals surface area (Å²) in [5.74, 6) is 0.386. The van der Waals surface area contributed by atoms with Crippen LogP contribution < -0.4 is 10.7 Å². The molecule has 0 saturated heterocycles. The van der Waals surface area contributed by atoms with Crippen molar-refractivity contribution in [3.8, 4) is 0 Å². The van der Waals surface area contributed by atoms with E-state index in [1.807, 2.05) is 18.2 Å². The highest BCUT2D eigenvalue weighted by atomic mass is 16.2. The van der Waals surface area contributed by atoms with Crippen LogP contribution >= 0.6 is 0 Å². The Morgan fingerprint density at radius 2 is 2.00 bits per heavy atom. The first-order chi connectivity index (χ1) is 9.08. The quantitative estimate of drug-likeness (QED) is 0.908. The number of amides is 1. The predicted molar refractivity (Wildman–Crippen MR) is 76.1 cm³/mol. The molecule has 0 bridgehead atoms. The third-order valence-electron chi connectivity index (χ3n) is 2.91. The molecule has 19 heavy (non-hydrogen) atoms. The van der Waals surface area contributed by atoms with Crippen LogP contribution in [0, 0.1) is 5.92 Å². The Morgan fingerprint density at radius 1 is 1.26 bits per heavy atom. The standard InChI is InChI=1S/C15H18N2O2/c1-11(2)9-16-15(19)10-17-8-7-14(18)12-5-3-4-6-13(12)17/h3-8,11H,9-10H2,1-2H3,(H,16,19). The Hall–Kier alpha value is -2.10. The van der Waals surface area contributed by atoms with Crippen LogP contribution in [0.5, 0.6) is 0 Å². The maximum Gasteiger partial charge on any atom is 0.239 e. The molecule has 1 aromatic heterocycles. The molecule has 2 aromatic rings. The van der Waals surface area contributed by atoms with Gasteiger partial charge >= 0.3 is 0 Å². The second-order valence-electron chi connectivity index (χ2n) is 5.02. The van der Waals surface area contributed by atoms with Crippen molar-refractivity contribution >= 4 is 16.8 Å². The molecule has 0 radical (unpaired) electrons. The van der Waals surface area contributed by atoms with Crippen molar-refractivity contribution in [3.63, 3.8) is 0 Å². The average Bonchev–Trinajstić information content (AvgIpc) is 2.40. The fraction of sp³-hybridized carbons (Fsp3) is 0.333. The molecule has 4 heteroatoms. The van der Waals surface area contributed by atoms with Crippen LogP contribution in [0.25, 0.3) is 10.9 Å². The fourth-order valence-corrected chi connectivity index (χ4v) is 1.93. The summed E-state index contributed by atoms with van der Waals surface area (Å²) in [6, 6.07) is 8.82. The molecule has 0 spiro atoms. The third kappa shape index (κ3) is 3.22. The lowest BCUT2D eigenvalue weighted by molar-refractivity contribution is -0.121. The number of carbonyl (C=O) groups is 1. The number of hydrogen-bond donors (Lipinski definition) is 1. The van der Waals surface area contributed by atoms with Crippen LogP contribution in [0.1, 0.15) is 13.8 Å². The van der Waals surface area contributed by atoms with Crippen LogP contribution in [-0.4, -0.2) is 17.0 Å². The third-order valence-corrected chi connectivity index (χ3v) is 2.91. The Kier molecular flexibility index (Phi) is 4.00. The van der Waals surface area contributed by atoms with Crippen molar-refractivity contribution in [1.29, 1.82) is 0 Å². The van der Waals surface area contributed by atoms with Crippen molar-refractivity contribution in [3.05, 3.63) is 46.8 Å². The molecule has 4 nitrogen and oxygen atoms in total. The van der Waals surface area contributed by atoms with E-state index in [9.17, 15) is 9.59 Å². The molecule has 0 unspecified atom stereocenters. The predicted octanol–water partition coefficient (Wildman–Crippen LogP) is 1.77. The first kappa shape index (κ1) is 13.3. The fourth-order valence-electron chi connectivity index (χ4n) is 1.93. The maximum atomic E-state index is 11.8. The lowest BCUT2D eigenvalue weighted by atomic mass is 10.2. The first-order valence-electron chi connectivity index (χ1n) is 6.43. The second-order valence-corrected chi connectivity index (χ2v) is 5.02. The summed E-state index contributed by atoms with van der Waals surface area (Å²) in [7, 11) is 0. The number of nitrogens with zero attached hydrogens (tertiary/aromatic N) is 1. The van der Waals surface area contributed by atoms with Crippen LogP contribution in [0.15, 0.2) is 41.3 Å². The number of hydrogen-bond acceptors (Lipinski definition) is 2. The summed E-state index contributed by atoms with van der Waals surface area (Å²) in [5, 5.41) is 3.51. The highest BCUT2D eigenvalue weighted by Crippen LogP contribution is 2.09. The SMILES string of the molecule is CC(C)CNC(=O)Cn1ccc(=O)c2ccccc21. The van der Waals surface area contributed by atoms with Gasteiger partial charge in [-0.3, -0.25) is 9.59 Å². The van der Waals surface area contributed by atoms with E-state index >= 15 is 0 Å². The summed E-state index contributed by atoms with van der Waals surface area (Å²) < 4.78 is 1.80. The number of rotatable bonds is 4. The zero-order chi connectivity index (χ0) is 13.8. The summed E-state index contributed by atoms with van der Waals surface area (Å²) in [4.78, 5) is 23.6. The lowest BCUT2D eigenvalue weighted by Gasteiger charge is -2.12. The number of para-hydroxylation sites is 1. The number of carbonyl (C=O) groups excluding carboxylic acids is 1. The highest BCUT2D eigenvalue weighted by Gasteiger charge is 2.06.